The fraction of sp³-hybridized carbons (Fsp3) is 0.938. The fourth-order valence-corrected chi connectivity index (χ4v) is 2.32. The maximum absolute atomic E-state index is 10.5. The van der Waals surface area contributed by atoms with Crippen molar-refractivity contribution in [1.29, 1.82) is 0 Å². The molecule has 1 amide bonds. The normalized spacial score (nSPS) is 10.7. The summed E-state index contributed by atoms with van der Waals surface area (Å²) in [6.45, 7) is 2.27. The Balaban J connectivity index is 2.92. The van der Waals surface area contributed by atoms with Crippen LogP contribution < -0.4 is 5.73 Å². The van der Waals surface area contributed by atoms with E-state index in [0.717, 1.165) is 6.42 Å². The molecule has 0 heterocycles. The highest BCUT2D eigenvalue weighted by Gasteiger charge is 1.95. The second-order valence-electron chi connectivity index (χ2n) is 5.46. The maximum Gasteiger partial charge on any atom is 0.217 e. The van der Waals surface area contributed by atoms with Gasteiger partial charge in [0, 0.05) is 6.42 Å². The topological polar surface area (TPSA) is 43.1 Å². The summed E-state index contributed by atoms with van der Waals surface area (Å²) >= 11 is 0. The van der Waals surface area contributed by atoms with Crippen LogP contribution in [0.25, 0.3) is 0 Å². The van der Waals surface area contributed by atoms with Gasteiger partial charge in [-0.05, 0) is 6.42 Å². The first-order valence-electron chi connectivity index (χ1n) is 8.05. The Morgan fingerprint density at radius 3 is 1.33 bits per heavy atom. The van der Waals surface area contributed by atoms with E-state index in [2.05, 4.69) is 6.92 Å². The Labute approximate surface area is 114 Å². The number of hydrogen-bond donors (Lipinski definition) is 1. The average molecular weight is 255 g/mol. The molecular weight excluding hydrogens is 222 g/mol. The molecule has 0 rings (SSSR count). The van der Waals surface area contributed by atoms with Gasteiger partial charge in [-0.25, -0.2) is 0 Å². The van der Waals surface area contributed by atoms with Crippen LogP contribution in [0.2, 0.25) is 0 Å². The van der Waals surface area contributed by atoms with E-state index in [1.165, 1.54) is 77.0 Å². The van der Waals surface area contributed by atoms with Crippen LogP contribution in [0, 0.1) is 0 Å². The molecule has 0 aromatic heterocycles. The number of amides is 1. The first-order chi connectivity index (χ1) is 8.77. The molecule has 0 spiro atoms. The van der Waals surface area contributed by atoms with E-state index in [1.807, 2.05) is 0 Å². The van der Waals surface area contributed by atoms with Gasteiger partial charge in [0.2, 0.25) is 5.91 Å². The number of carbonyl (C=O) groups is 1. The van der Waals surface area contributed by atoms with Gasteiger partial charge in [0.25, 0.3) is 0 Å². The predicted octanol–water partition coefficient (Wildman–Crippen LogP) is 4.95. The van der Waals surface area contributed by atoms with Gasteiger partial charge in [0.15, 0.2) is 0 Å². The van der Waals surface area contributed by atoms with Crippen molar-refractivity contribution < 1.29 is 4.79 Å². The Morgan fingerprint density at radius 2 is 1.00 bits per heavy atom. The van der Waals surface area contributed by atoms with Gasteiger partial charge in [-0.15, -0.1) is 0 Å². The van der Waals surface area contributed by atoms with Crippen molar-refractivity contribution >= 4 is 5.91 Å². The quantitative estimate of drug-likeness (QED) is 0.438. The Kier molecular flexibility index (Phi) is 14.1. The summed E-state index contributed by atoms with van der Waals surface area (Å²) in [7, 11) is 0. The molecule has 108 valence electrons. The molecule has 0 saturated carbocycles. The minimum absolute atomic E-state index is 0.155. The minimum Gasteiger partial charge on any atom is -0.370 e. The van der Waals surface area contributed by atoms with Crippen molar-refractivity contribution in [2.45, 2.75) is 96.8 Å². The summed E-state index contributed by atoms with van der Waals surface area (Å²) in [5, 5.41) is 0. The van der Waals surface area contributed by atoms with Gasteiger partial charge in [0.05, 0.1) is 0 Å². The van der Waals surface area contributed by atoms with E-state index in [4.69, 9.17) is 5.73 Å². The van der Waals surface area contributed by atoms with Crippen molar-refractivity contribution in [2.75, 3.05) is 0 Å². The molecule has 18 heavy (non-hydrogen) atoms. The first-order valence-corrected chi connectivity index (χ1v) is 8.05. The zero-order valence-corrected chi connectivity index (χ0v) is 12.4. The van der Waals surface area contributed by atoms with E-state index >= 15 is 0 Å². The maximum atomic E-state index is 10.5. The van der Waals surface area contributed by atoms with Crippen molar-refractivity contribution in [2.24, 2.45) is 5.73 Å². The number of rotatable bonds is 14. The van der Waals surface area contributed by atoms with E-state index in [0.29, 0.717) is 6.42 Å². The largest absolute Gasteiger partial charge is 0.370 e. The average Bonchev–Trinajstić information content (AvgIpc) is 2.34. The van der Waals surface area contributed by atoms with Crippen molar-refractivity contribution in [3.63, 3.8) is 0 Å². The van der Waals surface area contributed by atoms with Crippen molar-refractivity contribution in [1.82, 2.24) is 0 Å². The lowest BCUT2D eigenvalue weighted by atomic mass is 10.0. The summed E-state index contributed by atoms with van der Waals surface area (Å²) in [6, 6.07) is 0. The molecule has 0 fully saturated rings. The first kappa shape index (κ1) is 17.5. The monoisotopic (exact) mass is 255 g/mol. The Bertz CT molecular complexity index is 180. The van der Waals surface area contributed by atoms with Crippen LogP contribution >= 0.6 is 0 Å². The number of nitrogens with two attached hydrogens (primary N) is 1. The highest BCUT2D eigenvalue weighted by atomic mass is 16.1. The highest BCUT2D eigenvalue weighted by molar-refractivity contribution is 5.73. The second-order valence-corrected chi connectivity index (χ2v) is 5.46. The molecule has 0 aromatic carbocycles. The van der Waals surface area contributed by atoms with E-state index in [9.17, 15) is 4.79 Å². The molecule has 0 aliphatic heterocycles. The van der Waals surface area contributed by atoms with Crippen molar-refractivity contribution in [3.05, 3.63) is 0 Å². The van der Waals surface area contributed by atoms with Crippen molar-refractivity contribution in [3.8, 4) is 0 Å². The molecule has 0 aliphatic rings. The minimum atomic E-state index is -0.155. The SMILES string of the molecule is CCCCCCCCCCCCCCCC(N)=O. The lowest BCUT2D eigenvalue weighted by molar-refractivity contribution is -0.118. The molecule has 0 aromatic rings. The highest BCUT2D eigenvalue weighted by Crippen LogP contribution is 2.12. The Hall–Kier alpha value is -0.530. The smallest absolute Gasteiger partial charge is 0.217 e. The van der Waals surface area contributed by atoms with Crippen LogP contribution in [-0.4, -0.2) is 5.91 Å². The molecule has 0 bridgehead atoms. The third-order valence-corrected chi connectivity index (χ3v) is 3.53. The van der Waals surface area contributed by atoms with Gasteiger partial charge in [-0.3, -0.25) is 4.79 Å². The molecular formula is C16H33NO. The number of unbranched alkanes of at least 4 members (excludes halogenated alkanes) is 12. The zero-order valence-electron chi connectivity index (χ0n) is 12.4. The van der Waals surface area contributed by atoms with Gasteiger partial charge in [-0.2, -0.15) is 0 Å². The Morgan fingerprint density at radius 1 is 0.667 bits per heavy atom. The van der Waals surface area contributed by atoms with Gasteiger partial charge in [0.1, 0.15) is 0 Å². The number of carbonyl (C=O) groups excluding carboxylic acids is 1. The molecule has 2 N–H and O–H groups in total. The zero-order chi connectivity index (χ0) is 13.5. The number of hydrogen-bond acceptors (Lipinski definition) is 1. The van der Waals surface area contributed by atoms with Gasteiger partial charge in [-0.1, -0.05) is 84.0 Å². The third-order valence-electron chi connectivity index (χ3n) is 3.53. The van der Waals surface area contributed by atoms with Gasteiger partial charge < -0.3 is 5.73 Å². The molecule has 2 heteroatoms. The third kappa shape index (κ3) is 15.5. The van der Waals surface area contributed by atoms with Crippen LogP contribution in [0.1, 0.15) is 96.8 Å². The molecule has 0 atom stereocenters. The van der Waals surface area contributed by atoms with E-state index < -0.39 is 0 Å². The van der Waals surface area contributed by atoms with Crippen LogP contribution in [0.5, 0.6) is 0 Å². The fourth-order valence-electron chi connectivity index (χ4n) is 2.32. The lowest BCUT2D eigenvalue weighted by Crippen LogP contribution is -2.09. The summed E-state index contributed by atoms with van der Waals surface area (Å²) in [4.78, 5) is 10.5. The van der Waals surface area contributed by atoms with Crippen LogP contribution in [-0.2, 0) is 4.79 Å². The van der Waals surface area contributed by atoms with E-state index in [1.54, 1.807) is 0 Å². The molecule has 0 saturated heterocycles. The molecule has 0 unspecified atom stereocenters. The van der Waals surface area contributed by atoms with Gasteiger partial charge >= 0.3 is 0 Å². The summed E-state index contributed by atoms with van der Waals surface area (Å²) in [5.74, 6) is -0.155. The number of primary amides is 1. The van der Waals surface area contributed by atoms with E-state index in [-0.39, 0.29) is 5.91 Å². The second kappa shape index (κ2) is 14.5. The molecule has 2 nitrogen and oxygen atoms in total. The standard InChI is InChI=1S/C16H33NO/c1-2-3-4-5-6-7-8-9-10-11-12-13-14-15-16(17)18/h2-15H2,1H3,(H2,17,18). The summed E-state index contributed by atoms with van der Waals surface area (Å²) < 4.78 is 0. The molecule has 0 aliphatic carbocycles. The lowest BCUT2D eigenvalue weighted by Gasteiger charge is -2.02. The summed E-state index contributed by atoms with van der Waals surface area (Å²) in [5.41, 5.74) is 5.09. The van der Waals surface area contributed by atoms with Crippen LogP contribution in [0.3, 0.4) is 0 Å². The molecule has 0 radical (unpaired) electrons. The summed E-state index contributed by atoms with van der Waals surface area (Å²) in [6.07, 6.45) is 17.9. The van der Waals surface area contributed by atoms with Crippen LogP contribution in [0.15, 0.2) is 0 Å². The predicted molar refractivity (Wildman–Crippen MR) is 79.5 cm³/mol. The van der Waals surface area contributed by atoms with Crippen LogP contribution in [0.4, 0.5) is 0 Å².